The SMILES string of the molecule is Cc1ccc(-c2nn(-c3ccccc3)cc2/C=C(\C#N)C(N)=S)cc1. The largest absolute Gasteiger partial charge is 0.389 e. The Kier molecular flexibility index (Phi) is 4.73. The lowest BCUT2D eigenvalue weighted by Gasteiger charge is -2.01. The van der Waals surface area contributed by atoms with Gasteiger partial charge in [0.2, 0.25) is 0 Å². The van der Waals surface area contributed by atoms with Gasteiger partial charge in [-0.25, -0.2) is 4.68 Å². The maximum atomic E-state index is 9.27. The molecule has 1 heterocycles. The van der Waals surface area contributed by atoms with Gasteiger partial charge in [-0.3, -0.25) is 0 Å². The molecular weight excluding hydrogens is 328 g/mol. The summed E-state index contributed by atoms with van der Waals surface area (Å²) in [4.78, 5) is 0.0739. The van der Waals surface area contributed by atoms with Crippen LogP contribution in [0, 0.1) is 18.3 Å². The summed E-state index contributed by atoms with van der Waals surface area (Å²) >= 11 is 4.95. The molecule has 1 aromatic heterocycles. The van der Waals surface area contributed by atoms with Crippen molar-refractivity contribution in [3.8, 4) is 23.0 Å². The highest BCUT2D eigenvalue weighted by atomic mass is 32.1. The first-order chi connectivity index (χ1) is 12.1. The van der Waals surface area contributed by atoms with Crippen LogP contribution >= 0.6 is 12.2 Å². The monoisotopic (exact) mass is 344 g/mol. The fourth-order valence-corrected chi connectivity index (χ4v) is 2.56. The molecule has 3 aromatic rings. The Balaban J connectivity index is 2.18. The van der Waals surface area contributed by atoms with Gasteiger partial charge in [-0.1, -0.05) is 60.2 Å². The zero-order chi connectivity index (χ0) is 17.8. The highest BCUT2D eigenvalue weighted by Crippen LogP contribution is 2.26. The van der Waals surface area contributed by atoms with Crippen molar-refractivity contribution in [1.82, 2.24) is 9.78 Å². The van der Waals surface area contributed by atoms with Crippen molar-refractivity contribution in [2.24, 2.45) is 5.73 Å². The van der Waals surface area contributed by atoms with Crippen LogP contribution in [0.5, 0.6) is 0 Å². The highest BCUT2D eigenvalue weighted by molar-refractivity contribution is 7.80. The molecule has 0 aliphatic carbocycles. The number of benzene rings is 2. The summed E-state index contributed by atoms with van der Waals surface area (Å²) in [5, 5.41) is 14.0. The predicted octanol–water partition coefficient (Wildman–Crippen LogP) is 4.04. The lowest BCUT2D eigenvalue weighted by molar-refractivity contribution is 0.884. The van der Waals surface area contributed by atoms with Crippen LogP contribution in [0.15, 0.2) is 66.4 Å². The van der Waals surface area contributed by atoms with Crippen molar-refractivity contribution in [2.75, 3.05) is 0 Å². The third kappa shape index (κ3) is 3.65. The highest BCUT2D eigenvalue weighted by Gasteiger charge is 2.12. The molecule has 0 atom stereocenters. The smallest absolute Gasteiger partial charge is 0.114 e. The molecular formula is C20H16N4S. The normalized spacial score (nSPS) is 11.1. The van der Waals surface area contributed by atoms with Crippen molar-refractivity contribution >= 4 is 23.3 Å². The van der Waals surface area contributed by atoms with Gasteiger partial charge in [-0.2, -0.15) is 10.4 Å². The number of aryl methyl sites for hydroxylation is 1. The molecule has 25 heavy (non-hydrogen) atoms. The van der Waals surface area contributed by atoms with E-state index < -0.39 is 0 Å². The van der Waals surface area contributed by atoms with E-state index in [1.165, 1.54) is 5.56 Å². The topological polar surface area (TPSA) is 67.6 Å². The molecule has 0 bridgehead atoms. The molecule has 0 fully saturated rings. The molecule has 3 rings (SSSR count). The van der Waals surface area contributed by atoms with Gasteiger partial charge in [-0.05, 0) is 25.1 Å². The van der Waals surface area contributed by atoms with Crippen LogP contribution in [0.4, 0.5) is 0 Å². The summed E-state index contributed by atoms with van der Waals surface area (Å²) in [7, 11) is 0. The minimum Gasteiger partial charge on any atom is -0.389 e. The van der Waals surface area contributed by atoms with Crippen LogP contribution in [0.2, 0.25) is 0 Å². The fourth-order valence-electron chi connectivity index (χ4n) is 2.46. The maximum absolute atomic E-state index is 9.27. The van der Waals surface area contributed by atoms with Crippen LogP contribution in [-0.4, -0.2) is 14.8 Å². The van der Waals surface area contributed by atoms with Gasteiger partial charge in [0.15, 0.2) is 0 Å². The van der Waals surface area contributed by atoms with E-state index in [0.29, 0.717) is 0 Å². The maximum Gasteiger partial charge on any atom is 0.114 e. The van der Waals surface area contributed by atoms with Crippen LogP contribution in [0.3, 0.4) is 0 Å². The van der Waals surface area contributed by atoms with Crippen LogP contribution < -0.4 is 5.73 Å². The van der Waals surface area contributed by atoms with Gasteiger partial charge in [-0.15, -0.1) is 0 Å². The number of nitrogens with zero attached hydrogens (tertiary/aromatic N) is 3. The molecule has 0 spiro atoms. The van der Waals surface area contributed by atoms with E-state index in [1.807, 2.05) is 73.8 Å². The number of hydrogen-bond donors (Lipinski definition) is 1. The Hall–Kier alpha value is -3.23. The number of nitriles is 1. The van der Waals surface area contributed by atoms with E-state index in [2.05, 4.69) is 0 Å². The molecule has 2 N–H and O–H groups in total. The van der Waals surface area contributed by atoms with E-state index in [-0.39, 0.29) is 10.6 Å². The number of rotatable bonds is 4. The minimum atomic E-state index is 0.0739. The number of nitrogens with two attached hydrogens (primary N) is 1. The van der Waals surface area contributed by atoms with E-state index >= 15 is 0 Å². The Morgan fingerprint density at radius 1 is 1.16 bits per heavy atom. The summed E-state index contributed by atoms with van der Waals surface area (Å²) in [5.74, 6) is 0. The summed E-state index contributed by atoms with van der Waals surface area (Å²) < 4.78 is 1.79. The molecule has 122 valence electrons. The number of para-hydroxylation sites is 1. The fraction of sp³-hybridized carbons (Fsp3) is 0.0500. The Labute approximate surface area is 151 Å². The lowest BCUT2D eigenvalue weighted by Crippen LogP contribution is -2.09. The van der Waals surface area contributed by atoms with Gasteiger partial charge in [0, 0.05) is 17.3 Å². The minimum absolute atomic E-state index is 0.0739. The van der Waals surface area contributed by atoms with Crippen LogP contribution in [0.1, 0.15) is 11.1 Å². The van der Waals surface area contributed by atoms with Crippen molar-refractivity contribution in [3.63, 3.8) is 0 Å². The summed E-state index contributed by atoms with van der Waals surface area (Å²) in [6.07, 6.45) is 3.56. The summed E-state index contributed by atoms with van der Waals surface area (Å²) in [5.41, 5.74) is 10.5. The van der Waals surface area contributed by atoms with Crippen molar-refractivity contribution in [1.29, 1.82) is 5.26 Å². The number of aromatic nitrogens is 2. The Morgan fingerprint density at radius 2 is 1.84 bits per heavy atom. The molecule has 0 aliphatic heterocycles. The lowest BCUT2D eigenvalue weighted by atomic mass is 10.0. The molecule has 0 amide bonds. The van der Waals surface area contributed by atoms with Crippen molar-refractivity contribution in [3.05, 3.63) is 77.5 Å². The first-order valence-corrected chi connectivity index (χ1v) is 8.13. The molecule has 0 saturated carbocycles. The van der Waals surface area contributed by atoms with E-state index in [0.717, 1.165) is 22.5 Å². The van der Waals surface area contributed by atoms with Gasteiger partial charge >= 0.3 is 0 Å². The average Bonchev–Trinajstić information content (AvgIpc) is 3.04. The standard InChI is InChI=1S/C20H16N4S/c1-14-7-9-15(10-8-14)19-17(11-16(12-21)20(22)25)13-24(23-19)18-5-3-2-4-6-18/h2-11,13H,1H3,(H2,22,25)/b16-11+. The molecule has 2 aromatic carbocycles. The second-order valence-electron chi connectivity index (χ2n) is 5.61. The second kappa shape index (κ2) is 7.12. The van der Waals surface area contributed by atoms with Crippen LogP contribution in [0.25, 0.3) is 23.0 Å². The quantitative estimate of drug-likeness (QED) is 0.441. The molecule has 0 saturated heterocycles. The Bertz CT molecular complexity index is 977. The average molecular weight is 344 g/mol. The summed E-state index contributed by atoms with van der Waals surface area (Å²) in [6.45, 7) is 2.04. The Morgan fingerprint density at radius 3 is 2.44 bits per heavy atom. The van der Waals surface area contributed by atoms with E-state index in [4.69, 9.17) is 23.1 Å². The van der Waals surface area contributed by atoms with Crippen molar-refractivity contribution < 1.29 is 0 Å². The van der Waals surface area contributed by atoms with Gasteiger partial charge < -0.3 is 5.73 Å². The molecule has 5 heteroatoms. The molecule has 0 radical (unpaired) electrons. The summed E-state index contributed by atoms with van der Waals surface area (Å²) in [6, 6.07) is 19.9. The van der Waals surface area contributed by atoms with Crippen molar-refractivity contribution in [2.45, 2.75) is 6.92 Å². The third-order valence-corrected chi connectivity index (χ3v) is 3.99. The third-order valence-electron chi connectivity index (χ3n) is 3.77. The number of thiocarbonyl (C=S) groups is 1. The molecule has 0 unspecified atom stereocenters. The number of hydrogen-bond acceptors (Lipinski definition) is 3. The second-order valence-corrected chi connectivity index (χ2v) is 6.05. The first kappa shape index (κ1) is 16.6. The van der Waals surface area contributed by atoms with Crippen LogP contribution in [-0.2, 0) is 0 Å². The first-order valence-electron chi connectivity index (χ1n) is 7.72. The zero-order valence-electron chi connectivity index (χ0n) is 13.7. The van der Waals surface area contributed by atoms with Gasteiger partial charge in [0.05, 0.1) is 17.0 Å². The molecule has 4 nitrogen and oxygen atoms in total. The predicted molar refractivity (Wildman–Crippen MR) is 104 cm³/mol. The molecule has 0 aliphatic rings. The van der Waals surface area contributed by atoms with E-state index in [9.17, 15) is 5.26 Å². The van der Waals surface area contributed by atoms with E-state index in [1.54, 1.807) is 10.8 Å². The zero-order valence-corrected chi connectivity index (χ0v) is 14.5. The van der Waals surface area contributed by atoms with Gasteiger partial charge in [0.1, 0.15) is 11.1 Å². The van der Waals surface area contributed by atoms with Gasteiger partial charge in [0.25, 0.3) is 0 Å².